The molecule has 0 spiro atoms. The summed E-state index contributed by atoms with van der Waals surface area (Å²) in [6, 6.07) is 13.1. The number of hydrogen-bond donors (Lipinski definition) is 1. The lowest BCUT2D eigenvalue weighted by Crippen LogP contribution is -2.20. The first kappa shape index (κ1) is 14.4. The highest BCUT2D eigenvalue weighted by Crippen LogP contribution is 2.15. The SMILES string of the molecule is Cc1ccccc1NC(=O)CS(=O)c1ccccc1F. The molecular weight excluding hydrogens is 277 g/mol. The van der Waals surface area contributed by atoms with Crippen LogP contribution in [0.15, 0.2) is 53.4 Å². The normalized spacial score (nSPS) is 11.9. The predicted octanol–water partition coefficient (Wildman–Crippen LogP) is 2.88. The molecule has 0 saturated heterocycles. The van der Waals surface area contributed by atoms with Crippen LogP contribution in [0.3, 0.4) is 0 Å². The molecule has 1 N–H and O–H groups in total. The highest BCUT2D eigenvalue weighted by Gasteiger charge is 2.14. The molecule has 0 aliphatic heterocycles. The highest BCUT2D eigenvalue weighted by molar-refractivity contribution is 7.85. The molecule has 0 aliphatic carbocycles. The number of hydrogen-bond acceptors (Lipinski definition) is 2. The summed E-state index contributed by atoms with van der Waals surface area (Å²) >= 11 is 0. The van der Waals surface area contributed by atoms with Gasteiger partial charge in [0.25, 0.3) is 0 Å². The van der Waals surface area contributed by atoms with E-state index in [2.05, 4.69) is 5.32 Å². The molecule has 0 radical (unpaired) electrons. The van der Waals surface area contributed by atoms with Crippen LogP contribution in [0.5, 0.6) is 0 Å². The topological polar surface area (TPSA) is 46.2 Å². The maximum Gasteiger partial charge on any atom is 0.237 e. The Labute approximate surface area is 119 Å². The van der Waals surface area contributed by atoms with Gasteiger partial charge in [-0.2, -0.15) is 0 Å². The second-order valence-electron chi connectivity index (χ2n) is 4.28. The molecule has 0 saturated carbocycles. The summed E-state index contributed by atoms with van der Waals surface area (Å²) in [4.78, 5) is 11.9. The molecule has 1 unspecified atom stereocenters. The molecule has 20 heavy (non-hydrogen) atoms. The summed E-state index contributed by atoms with van der Waals surface area (Å²) in [6.07, 6.45) is 0. The number of amides is 1. The number of para-hydroxylation sites is 1. The molecule has 2 aromatic carbocycles. The van der Waals surface area contributed by atoms with Gasteiger partial charge in [-0.3, -0.25) is 9.00 Å². The fourth-order valence-electron chi connectivity index (χ4n) is 1.73. The van der Waals surface area contributed by atoms with E-state index in [1.807, 2.05) is 19.1 Å². The van der Waals surface area contributed by atoms with Crippen LogP contribution in [0.4, 0.5) is 10.1 Å². The summed E-state index contributed by atoms with van der Waals surface area (Å²) in [5.74, 6) is -1.23. The van der Waals surface area contributed by atoms with Gasteiger partial charge in [-0.05, 0) is 30.7 Å². The van der Waals surface area contributed by atoms with Crippen molar-refractivity contribution in [2.75, 3.05) is 11.1 Å². The highest BCUT2D eigenvalue weighted by atomic mass is 32.2. The summed E-state index contributed by atoms with van der Waals surface area (Å²) in [5.41, 5.74) is 1.58. The Bertz CT molecular complexity index is 658. The molecule has 1 amide bonds. The largest absolute Gasteiger partial charge is 0.325 e. The minimum atomic E-state index is -1.69. The lowest BCUT2D eigenvalue weighted by molar-refractivity contribution is -0.113. The van der Waals surface area contributed by atoms with Gasteiger partial charge in [0.05, 0.1) is 15.7 Å². The van der Waals surface area contributed by atoms with Crippen LogP contribution in [0.1, 0.15) is 5.56 Å². The van der Waals surface area contributed by atoms with Gasteiger partial charge in [-0.25, -0.2) is 4.39 Å². The zero-order valence-corrected chi connectivity index (χ0v) is 11.7. The van der Waals surface area contributed by atoms with Crippen LogP contribution in [-0.2, 0) is 15.6 Å². The van der Waals surface area contributed by atoms with E-state index in [0.717, 1.165) is 5.56 Å². The van der Waals surface area contributed by atoms with E-state index in [1.165, 1.54) is 18.2 Å². The molecule has 5 heteroatoms. The number of carbonyl (C=O) groups excluding carboxylic acids is 1. The number of aryl methyl sites for hydroxylation is 1. The maximum atomic E-state index is 13.5. The summed E-state index contributed by atoms with van der Waals surface area (Å²) < 4.78 is 25.4. The Morgan fingerprint density at radius 2 is 1.80 bits per heavy atom. The van der Waals surface area contributed by atoms with Crippen LogP contribution in [-0.4, -0.2) is 15.9 Å². The van der Waals surface area contributed by atoms with Gasteiger partial charge < -0.3 is 5.32 Å². The van der Waals surface area contributed by atoms with Crippen molar-refractivity contribution in [1.29, 1.82) is 0 Å². The van der Waals surface area contributed by atoms with Gasteiger partial charge in [0.15, 0.2) is 0 Å². The van der Waals surface area contributed by atoms with Crippen LogP contribution < -0.4 is 5.32 Å². The molecule has 0 aliphatic rings. The average molecular weight is 291 g/mol. The average Bonchev–Trinajstić information content (AvgIpc) is 2.41. The molecule has 3 nitrogen and oxygen atoms in total. The fraction of sp³-hybridized carbons (Fsp3) is 0.133. The lowest BCUT2D eigenvalue weighted by Gasteiger charge is -2.08. The molecule has 1 atom stereocenters. The van der Waals surface area contributed by atoms with E-state index in [9.17, 15) is 13.4 Å². The van der Waals surface area contributed by atoms with E-state index in [-0.39, 0.29) is 10.6 Å². The molecule has 0 fully saturated rings. The first-order valence-corrected chi connectivity index (χ1v) is 7.38. The molecule has 2 rings (SSSR count). The van der Waals surface area contributed by atoms with Crippen LogP contribution in [0, 0.1) is 12.7 Å². The zero-order chi connectivity index (χ0) is 14.5. The maximum absolute atomic E-state index is 13.5. The fourth-order valence-corrected chi connectivity index (χ4v) is 2.71. The summed E-state index contributed by atoms with van der Waals surface area (Å²) in [6.45, 7) is 1.86. The molecule has 0 heterocycles. The second-order valence-corrected chi connectivity index (χ2v) is 5.70. The van der Waals surface area contributed by atoms with Crippen LogP contribution >= 0.6 is 0 Å². The van der Waals surface area contributed by atoms with E-state index in [0.29, 0.717) is 5.69 Å². The van der Waals surface area contributed by atoms with Crippen molar-refractivity contribution in [2.45, 2.75) is 11.8 Å². The number of halogens is 1. The standard InChI is InChI=1S/C15H14FNO2S/c1-11-6-2-4-8-13(11)17-15(18)10-20(19)14-9-5-3-7-12(14)16/h2-9H,10H2,1H3,(H,17,18). The van der Waals surface area contributed by atoms with E-state index in [4.69, 9.17) is 0 Å². The smallest absolute Gasteiger partial charge is 0.237 e. The lowest BCUT2D eigenvalue weighted by atomic mass is 10.2. The third kappa shape index (κ3) is 3.51. The van der Waals surface area contributed by atoms with Gasteiger partial charge in [0, 0.05) is 5.69 Å². The van der Waals surface area contributed by atoms with Crippen molar-refractivity contribution in [3.63, 3.8) is 0 Å². The van der Waals surface area contributed by atoms with Crippen molar-refractivity contribution in [3.05, 3.63) is 59.9 Å². The quantitative estimate of drug-likeness (QED) is 0.941. The first-order valence-electron chi connectivity index (χ1n) is 6.06. The molecule has 2 aromatic rings. The number of carbonyl (C=O) groups is 1. The predicted molar refractivity (Wildman–Crippen MR) is 77.5 cm³/mol. The first-order chi connectivity index (χ1) is 9.58. The molecule has 0 bridgehead atoms. The minimum Gasteiger partial charge on any atom is -0.325 e. The zero-order valence-electron chi connectivity index (χ0n) is 10.9. The van der Waals surface area contributed by atoms with Crippen molar-refractivity contribution < 1.29 is 13.4 Å². The van der Waals surface area contributed by atoms with Crippen LogP contribution in [0.25, 0.3) is 0 Å². The van der Waals surface area contributed by atoms with Crippen molar-refractivity contribution in [1.82, 2.24) is 0 Å². The van der Waals surface area contributed by atoms with Crippen molar-refractivity contribution >= 4 is 22.4 Å². The van der Waals surface area contributed by atoms with Crippen molar-refractivity contribution in [3.8, 4) is 0 Å². The van der Waals surface area contributed by atoms with E-state index >= 15 is 0 Å². The molecule has 0 aromatic heterocycles. The Hall–Kier alpha value is -2.01. The Morgan fingerprint density at radius 3 is 2.50 bits per heavy atom. The monoisotopic (exact) mass is 291 g/mol. The third-order valence-corrected chi connectivity index (χ3v) is 4.11. The number of rotatable bonds is 4. The third-order valence-electron chi connectivity index (χ3n) is 2.76. The Balaban J connectivity index is 2.04. The van der Waals surface area contributed by atoms with E-state index < -0.39 is 22.5 Å². The minimum absolute atomic E-state index is 0.0485. The van der Waals surface area contributed by atoms with E-state index in [1.54, 1.807) is 18.2 Å². The van der Waals surface area contributed by atoms with Gasteiger partial charge >= 0.3 is 0 Å². The van der Waals surface area contributed by atoms with Gasteiger partial charge in [-0.15, -0.1) is 0 Å². The number of benzene rings is 2. The van der Waals surface area contributed by atoms with Gasteiger partial charge in [0.2, 0.25) is 5.91 Å². The molecular formula is C15H14FNO2S. The van der Waals surface area contributed by atoms with Gasteiger partial charge in [-0.1, -0.05) is 30.3 Å². The van der Waals surface area contributed by atoms with Gasteiger partial charge in [0.1, 0.15) is 11.6 Å². The summed E-state index contributed by atoms with van der Waals surface area (Å²) in [7, 11) is -1.69. The number of anilines is 1. The Kier molecular flexibility index (Phi) is 4.63. The second kappa shape index (κ2) is 6.43. The van der Waals surface area contributed by atoms with Crippen molar-refractivity contribution in [2.24, 2.45) is 0 Å². The number of nitrogens with one attached hydrogen (secondary N) is 1. The van der Waals surface area contributed by atoms with Crippen LogP contribution in [0.2, 0.25) is 0 Å². The summed E-state index contributed by atoms with van der Waals surface area (Å²) in [5, 5.41) is 2.68. The molecule has 104 valence electrons. The Morgan fingerprint density at radius 1 is 1.15 bits per heavy atom.